The van der Waals surface area contributed by atoms with E-state index in [1.807, 2.05) is 79.5 Å². The fourth-order valence-electron chi connectivity index (χ4n) is 5.68. The molecule has 0 spiro atoms. The third-order valence-electron chi connectivity index (χ3n) is 7.95. The Balaban J connectivity index is 1.37. The van der Waals surface area contributed by atoms with E-state index in [1.165, 1.54) is 6.07 Å². The molecule has 0 radical (unpaired) electrons. The Bertz CT molecular complexity index is 1580. The molecule has 3 aromatic carbocycles. The van der Waals surface area contributed by atoms with Gasteiger partial charge in [0.25, 0.3) is 0 Å². The highest BCUT2D eigenvalue weighted by Crippen LogP contribution is 2.31. The molecule has 3 amide bonds. The minimum atomic E-state index is -0.890. The van der Waals surface area contributed by atoms with E-state index in [9.17, 15) is 14.0 Å². The molecule has 1 aliphatic heterocycles. The second-order valence-electron chi connectivity index (χ2n) is 11.2. The van der Waals surface area contributed by atoms with Gasteiger partial charge in [0.15, 0.2) is 0 Å². The van der Waals surface area contributed by atoms with Crippen LogP contribution in [-0.2, 0) is 11.3 Å². The molecular formula is C33H39FN6O3. The quantitative estimate of drug-likeness (QED) is 0.256. The summed E-state index contributed by atoms with van der Waals surface area (Å²) in [7, 11) is 5.52. The number of para-hydroxylation sites is 2. The Hall–Kier alpha value is -4.57. The van der Waals surface area contributed by atoms with E-state index in [2.05, 4.69) is 15.6 Å². The molecule has 9 nitrogen and oxygen atoms in total. The van der Waals surface area contributed by atoms with Crippen LogP contribution < -0.4 is 20.3 Å². The Morgan fingerprint density at radius 3 is 2.47 bits per heavy atom. The van der Waals surface area contributed by atoms with E-state index in [1.54, 1.807) is 30.2 Å². The Morgan fingerprint density at radius 2 is 1.74 bits per heavy atom. The number of methoxy groups -OCH3 is 1. The zero-order valence-corrected chi connectivity index (χ0v) is 25.1. The number of anilines is 2. The minimum Gasteiger partial charge on any atom is -0.495 e. The third-order valence-corrected chi connectivity index (χ3v) is 7.95. The predicted octanol–water partition coefficient (Wildman–Crippen LogP) is 5.02. The summed E-state index contributed by atoms with van der Waals surface area (Å²) in [4.78, 5) is 36.6. The maximum atomic E-state index is 14.4. The number of rotatable bonds is 9. The number of amides is 3. The molecule has 2 atom stereocenters. The molecule has 4 aromatic rings. The lowest BCUT2D eigenvalue weighted by Gasteiger charge is -2.37. The van der Waals surface area contributed by atoms with Gasteiger partial charge in [-0.25, -0.2) is 9.18 Å². The number of carbonyl (C=O) groups is 2. The van der Waals surface area contributed by atoms with E-state index in [-0.39, 0.29) is 23.7 Å². The lowest BCUT2D eigenvalue weighted by molar-refractivity contribution is -0.118. The first-order valence-electron chi connectivity index (χ1n) is 14.5. The highest BCUT2D eigenvalue weighted by molar-refractivity contribution is 5.99. The number of ether oxygens (including phenoxy) is 1. The van der Waals surface area contributed by atoms with Crippen molar-refractivity contribution in [3.8, 4) is 5.75 Å². The molecule has 2 unspecified atom stereocenters. The molecule has 1 fully saturated rings. The van der Waals surface area contributed by atoms with Crippen molar-refractivity contribution in [2.45, 2.75) is 25.4 Å². The molecule has 226 valence electrons. The summed E-state index contributed by atoms with van der Waals surface area (Å²) in [5.74, 6) is -0.466. The highest BCUT2D eigenvalue weighted by atomic mass is 19.1. The van der Waals surface area contributed by atoms with Crippen LogP contribution in [0.25, 0.3) is 10.9 Å². The molecule has 1 saturated heterocycles. The largest absolute Gasteiger partial charge is 0.495 e. The number of aromatic amines is 1. The van der Waals surface area contributed by atoms with E-state index in [0.717, 1.165) is 22.0 Å². The van der Waals surface area contributed by atoms with Crippen molar-refractivity contribution in [2.75, 3.05) is 57.6 Å². The average molecular weight is 587 g/mol. The van der Waals surface area contributed by atoms with Gasteiger partial charge in [-0.3, -0.25) is 4.79 Å². The fraction of sp³-hybridized carbons (Fsp3) is 0.333. The van der Waals surface area contributed by atoms with Crippen molar-refractivity contribution in [1.29, 1.82) is 0 Å². The first kappa shape index (κ1) is 29.9. The number of hydrogen-bond donors (Lipinski definition) is 3. The normalized spacial score (nSPS) is 14.9. The predicted molar refractivity (Wildman–Crippen MR) is 168 cm³/mol. The number of halogens is 1. The zero-order valence-electron chi connectivity index (χ0n) is 25.1. The van der Waals surface area contributed by atoms with Crippen LogP contribution in [0.4, 0.5) is 20.6 Å². The molecule has 0 aliphatic carbocycles. The van der Waals surface area contributed by atoms with Crippen LogP contribution >= 0.6 is 0 Å². The Kier molecular flexibility index (Phi) is 9.16. The average Bonchev–Trinajstić information content (AvgIpc) is 3.44. The van der Waals surface area contributed by atoms with Gasteiger partial charge >= 0.3 is 6.03 Å². The van der Waals surface area contributed by atoms with Crippen LogP contribution in [0.2, 0.25) is 0 Å². The molecule has 10 heteroatoms. The van der Waals surface area contributed by atoms with Gasteiger partial charge in [-0.05, 0) is 55.6 Å². The van der Waals surface area contributed by atoms with Gasteiger partial charge in [-0.2, -0.15) is 0 Å². The highest BCUT2D eigenvalue weighted by Gasteiger charge is 2.33. The zero-order chi connectivity index (χ0) is 30.5. The molecule has 43 heavy (non-hydrogen) atoms. The molecule has 0 bridgehead atoms. The Labute approximate surface area is 251 Å². The van der Waals surface area contributed by atoms with Gasteiger partial charge in [-0.1, -0.05) is 43.3 Å². The van der Waals surface area contributed by atoms with Gasteiger partial charge in [-0.15, -0.1) is 0 Å². The second-order valence-corrected chi connectivity index (χ2v) is 11.2. The van der Waals surface area contributed by atoms with Gasteiger partial charge in [0.2, 0.25) is 5.91 Å². The van der Waals surface area contributed by atoms with E-state index >= 15 is 0 Å². The Morgan fingerprint density at radius 1 is 1.02 bits per heavy atom. The summed E-state index contributed by atoms with van der Waals surface area (Å²) in [6.45, 7) is 4.40. The number of hydrogen-bond acceptors (Lipinski definition) is 5. The van der Waals surface area contributed by atoms with Crippen molar-refractivity contribution in [3.05, 3.63) is 89.9 Å². The minimum absolute atomic E-state index is 0.283. The third kappa shape index (κ3) is 6.75. The van der Waals surface area contributed by atoms with Crippen LogP contribution in [0, 0.1) is 5.82 Å². The van der Waals surface area contributed by atoms with Crippen molar-refractivity contribution < 1.29 is 18.7 Å². The molecule has 1 aromatic heterocycles. The fourth-order valence-corrected chi connectivity index (χ4v) is 5.68. The number of aromatic nitrogens is 1. The number of carbonyl (C=O) groups excluding carboxylic acids is 2. The lowest BCUT2D eigenvalue weighted by Crippen LogP contribution is -2.56. The number of piperazine rings is 1. The molecule has 2 heterocycles. The molecule has 3 N–H and O–H groups in total. The number of benzene rings is 3. The van der Waals surface area contributed by atoms with Crippen molar-refractivity contribution in [2.24, 2.45) is 0 Å². The lowest BCUT2D eigenvalue weighted by atomic mass is 9.92. The SMILES string of the molecule is COc1ccc(CN(C)C)cc1NC(=O)C(NC(=O)N1CCN(c2ccccc2F)CC1)C(C)c1c[nH]c2ccccc12. The smallest absolute Gasteiger partial charge is 0.318 e. The monoisotopic (exact) mass is 586 g/mol. The second kappa shape index (κ2) is 13.2. The maximum absolute atomic E-state index is 14.4. The van der Waals surface area contributed by atoms with Crippen LogP contribution in [0.15, 0.2) is 72.9 Å². The van der Waals surface area contributed by atoms with Crippen LogP contribution in [0.1, 0.15) is 24.0 Å². The van der Waals surface area contributed by atoms with Crippen LogP contribution in [0.3, 0.4) is 0 Å². The standard InChI is InChI=1S/C33H39FN6O3/c1-22(25-20-35-27-11-7-5-9-24(25)27)31(32(41)36-28-19-23(21-38(2)3)13-14-30(28)43-4)37-33(42)40-17-15-39(16-18-40)29-12-8-6-10-26(29)34/h5-14,19-20,22,31,35H,15-18,21H2,1-4H3,(H,36,41)(H,37,42). The van der Waals surface area contributed by atoms with Gasteiger partial charge < -0.3 is 35.1 Å². The summed E-state index contributed by atoms with van der Waals surface area (Å²) in [5.41, 5.74) is 3.96. The number of fused-ring (bicyclic) bond motifs is 1. The van der Waals surface area contributed by atoms with Crippen molar-refractivity contribution in [3.63, 3.8) is 0 Å². The number of nitrogens with one attached hydrogen (secondary N) is 3. The molecule has 1 aliphatic rings. The summed E-state index contributed by atoms with van der Waals surface area (Å²) >= 11 is 0. The summed E-state index contributed by atoms with van der Waals surface area (Å²) in [6.07, 6.45) is 1.90. The first-order chi connectivity index (χ1) is 20.7. The number of nitrogens with zero attached hydrogens (tertiary/aromatic N) is 3. The van der Waals surface area contributed by atoms with E-state index < -0.39 is 6.04 Å². The van der Waals surface area contributed by atoms with E-state index in [0.29, 0.717) is 49.8 Å². The summed E-state index contributed by atoms with van der Waals surface area (Å²) in [6, 6.07) is 19.0. The molecule has 5 rings (SSSR count). The van der Waals surface area contributed by atoms with Gasteiger partial charge in [0.1, 0.15) is 17.6 Å². The first-order valence-corrected chi connectivity index (χ1v) is 14.5. The van der Waals surface area contributed by atoms with E-state index in [4.69, 9.17) is 4.74 Å². The van der Waals surface area contributed by atoms with Crippen LogP contribution in [-0.4, -0.2) is 80.1 Å². The van der Waals surface area contributed by atoms with Crippen LogP contribution in [0.5, 0.6) is 5.75 Å². The van der Waals surface area contributed by atoms with Crippen molar-refractivity contribution in [1.82, 2.24) is 20.1 Å². The van der Waals surface area contributed by atoms with Gasteiger partial charge in [0, 0.05) is 55.7 Å². The number of urea groups is 1. The van der Waals surface area contributed by atoms with Gasteiger partial charge in [0.05, 0.1) is 18.5 Å². The van der Waals surface area contributed by atoms with Crippen molar-refractivity contribution >= 4 is 34.2 Å². The molecular weight excluding hydrogens is 547 g/mol. The maximum Gasteiger partial charge on any atom is 0.318 e. The molecule has 0 saturated carbocycles. The topological polar surface area (TPSA) is 92.9 Å². The summed E-state index contributed by atoms with van der Waals surface area (Å²) in [5, 5.41) is 7.05. The summed E-state index contributed by atoms with van der Waals surface area (Å²) < 4.78 is 19.9. The number of H-pyrrole nitrogens is 1.